The van der Waals surface area contributed by atoms with Gasteiger partial charge >= 0.3 is 0 Å². The molecule has 0 aromatic heterocycles. The van der Waals surface area contributed by atoms with Gasteiger partial charge in [0.25, 0.3) is 0 Å². The van der Waals surface area contributed by atoms with Gasteiger partial charge in [0.2, 0.25) is 0 Å². The summed E-state index contributed by atoms with van der Waals surface area (Å²) in [4.78, 5) is 2.21. The summed E-state index contributed by atoms with van der Waals surface area (Å²) < 4.78 is 26.0. The van der Waals surface area contributed by atoms with E-state index in [-0.39, 0.29) is 0 Å². The molecule has 1 aromatic carbocycles. The fourth-order valence-electron chi connectivity index (χ4n) is 2.92. The summed E-state index contributed by atoms with van der Waals surface area (Å²) in [7, 11) is 2.03. The molecule has 1 aliphatic carbocycles. The second-order valence-electron chi connectivity index (χ2n) is 5.16. The summed E-state index contributed by atoms with van der Waals surface area (Å²) >= 11 is 0. The third kappa shape index (κ3) is 2.87. The molecule has 2 atom stereocenters. The van der Waals surface area contributed by atoms with E-state index in [1.54, 1.807) is 6.07 Å². The monoisotopic (exact) mass is 254 g/mol. The van der Waals surface area contributed by atoms with E-state index in [9.17, 15) is 8.78 Å². The molecule has 1 aromatic rings. The van der Waals surface area contributed by atoms with Crippen LogP contribution in [-0.4, -0.2) is 24.5 Å². The van der Waals surface area contributed by atoms with Crippen LogP contribution in [0.3, 0.4) is 0 Å². The number of hydrogen-bond donors (Lipinski definition) is 1. The van der Waals surface area contributed by atoms with Crippen molar-refractivity contribution in [1.82, 2.24) is 4.90 Å². The number of rotatable bonds is 4. The summed E-state index contributed by atoms with van der Waals surface area (Å²) in [6.07, 6.45) is 3.51. The molecular weight excluding hydrogens is 234 g/mol. The zero-order chi connectivity index (χ0) is 13.1. The lowest BCUT2D eigenvalue weighted by atomic mass is 10.0. The zero-order valence-corrected chi connectivity index (χ0v) is 10.7. The molecule has 0 bridgehead atoms. The van der Waals surface area contributed by atoms with Crippen LogP contribution >= 0.6 is 0 Å². The predicted octanol–water partition coefficient (Wildman–Crippen LogP) is 2.52. The molecule has 4 heteroatoms. The summed E-state index contributed by atoms with van der Waals surface area (Å²) in [6, 6.07) is 4.57. The van der Waals surface area contributed by atoms with Gasteiger partial charge in [-0.1, -0.05) is 12.5 Å². The largest absolute Gasteiger partial charge is 0.330 e. The number of benzene rings is 1. The van der Waals surface area contributed by atoms with Crippen LogP contribution in [-0.2, 0) is 6.54 Å². The molecule has 0 aliphatic heterocycles. The Morgan fingerprint density at radius 3 is 2.72 bits per heavy atom. The molecular formula is C14H20F2N2. The van der Waals surface area contributed by atoms with Crippen molar-refractivity contribution < 1.29 is 8.78 Å². The normalized spacial score (nSPS) is 23.8. The topological polar surface area (TPSA) is 29.3 Å². The molecule has 18 heavy (non-hydrogen) atoms. The first-order valence-electron chi connectivity index (χ1n) is 6.46. The molecule has 0 spiro atoms. The van der Waals surface area contributed by atoms with Crippen molar-refractivity contribution in [3.05, 3.63) is 35.4 Å². The van der Waals surface area contributed by atoms with Crippen LogP contribution in [0.15, 0.2) is 18.2 Å². The van der Waals surface area contributed by atoms with Crippen LogP contribution in [0.25, 0.3) is 0 Å². The van der Waals surface area contributed by atoms with Crippen LogP contribution in [0.2, 0.25) is 0 Å². The van der Waals surface area contributed by atoms with Gasteiger partial charge < -0.3 is 5.73 Å². The van der Waals surface area contributed by atoms with E-state index in [0.29, 0.717) is 25.0 Å². The minimum atomic E-state index is -0.790. The Morgan fingerprint density at radius 2 is 2.06 bits per heavy atom. The van der Waals surface area contributed by atoms with Gasteiger partial charge in [0.05, 0.1) is 0 Å². The quantitative estimate of drug-likeness (QED) is 0.894. The van der Waals surface area contributed by atoms with E-state index in [4.69, 9.17) is 5.73 Å². The highest BCUT2D eigenvalue weighted by atomic mass is 19.2. The predicted molar refractivity (Wildman–Crippen MR) is 68.0 cm³/mol. The minimum Gasteiger partial charge on any atom is -0.330 e. The average Bonchev–Trinajstić information content (AvgIpc) is 2.82. The molecule has 0 radical (unpaired) electrons. The maximum atomic E-state index is 13.1. The average molecular weight is 254 g/mol. The van der Waals surface area contributed by atoms with Crippen LogP contribution in [0, 0.1) is 17.6 Å². The highest BCUT2D eigenvalue weighted by Gasteiger charge is 2.29. The van der Waals surface area contributed by atoms with Crippen molar-refractivity contribution in [1.29, 1.82) is 0 Å². The molecule has 1 fully saturated rings. The van der Waals surface area contributed by atoms with Crippen LogP contribution in [0.4, 0.5) is 8.78 Å². The van der Waals surface area contributed by atoms with Crippen molar-refractivity contribution in [2.75, 3.05) is 13.6 Å². The van der Waals surface area contributed by atoms with E-state index in [0.717, 1.165) is 12.0 Å². The Labute approximate surface area is 107 Å². The van der Waals surface area contributed by atoms with Gasteiger partial charge in [-0.3, -0.25) is 4.90 Å². The van der Waals surface area contributed by atoms with Crippen LogP contribution in [0.5, 0.6) is 0 Å². The first-order valence-corrected chi connectivity index (χ1v) is 6.46. The van der Waals surface area contributed by atoms with Gasteiger partial charge in [-0.05, 0) is 50.0 Å². The number of nitrogens with two attached hydrogens (primary N) is 1. The zero-order valence-electron chi connectivity index (χ0n) is 10.7. The van der Waals surface area contributed by atoms with E-state index in [2.05, 4.69) is 4.90 Å². The molecule has 100 valence electrons. The van der Waals surface area contributed by atoms with Crippen molar-refractivity contribution in [3.8, 4) is 0 Å². The van der Waals surface area contributed by atoms with Crippen molar-refractivity contribution in [3.63, 3.8) is 0 Å². The molecule has 2 nitrogen and oxygen atoms in total. The molecule has 0 heterocycles. The Bertz CT molecular complexity index is 409. The van der Waals surface area contributed by atoms with E-state index in [1.807, 2.05) is 7.05 Å². The highest BCUT2D eigenvalue weighted by molar-refractivity contribution is 5.17. The van der Waals surface area contributed by atoms with Gasteiger partial charge in [-0.2, -0.15) is 0 Å². The SMILES string of the molecule is CN(Cc1ccc(F)c(F)c1)C1CCCC1CN. The fraction of sp³-hybridized carbons (Fsp3) is 0.571. The summed E-state index contributed by atoms with van der Waals surface area (Å²) in [5.74, 6) is -1.04. The van der Waals surface area contributed by atoms with Gasteiger partial charge in [-0.15, -0.1) is 0 Å². The maximum absolute atomic E-state index is 13.1. The third-order valence-corrected chi connectivity index (χ3v) is 3.90. The summed E-state index contributed by atoms with van der Waals surface area (Å²) in [5, 5.41) is 0. The fourth-order valence-corrected chi connectivity index (χ4v) is 2.92. The molecule has 2 N–H and O–H groups in total. The lowest BCUT2D eigenvalue weighted by molar-refractivity contribution is 0.192. The third-order valence-electron chi connectivity index (χ3n) is 3.90. The van der Waals surface area contributed by atoms with Gasteiger partial charge in [0, 0.05) is 12.6 Å². The molecule has 0 saturated heterocycles. The second-order valence-corrected chi connectivity index (χ2v) is 5.16. The molecule has 2 unspecified atom stereocenters. The van der Waals surface area contributed by atoms with Crippen molar-refractivity contribution in [2.45, 2.75) is 31.8 Å². The van der Waals surface area contributed by atoms with E-state index < -0.39 is 11.6 Å². The second kappa shape index (κ2) is 5.76. The Kier molecular flexibility index (Phi) is 4.30. The Balaban J connectivity index is 2.02. The molecule has 0 amide bonds. The first kappa shape index (κ1) is 13.4. The number of nitrogens with zero attached hydrogens (tertiary/aromatic N) is 1. The van der Waals surface area contributed by atoms with Crippen LogP contribution < -0.4 is 5.73 Å². The number of hydrogen-bond acceptors (Lipinski definition) is 2. The number of halogens is 2. The van der Waals surface area contributed by atoms with Gasteiger partial charge in [0.1, 0.15) is 0 Å². The Morgan fingerprint density at radius 1 is 1.28 bits per heavy atom. The maximum Gasteiger partial charge on any atom is 0.159 e. The molecule has 2 rings (SSSR count). The van der Waals surface area contributed by atoms with Crippen LogP contribution in [0.1, 0.15) is 24.8 Å². The van der Waals surface area contributed by atoms with Gasteiger partial charge in [-0.25, -0.2) is 8.78 Å². The summed E-state index contributed by atoms with van der Waals surface area (Å²) in [6.45, 7) is 1.34. The first-order chi connectivity index (χ1) is 8.61. The summed E-state index contributed by atoms with van der Waals surface area (Å²) in [5.41, 5.74) is 6.57. The molecule has 1 saturated carbocycles. The molecule has 1 aliphatic rings. The van der Waals surface area contributed by atoms with E-state index >= 15 is 0 Å². The van der Waals surface area contributed by atoms with E-state index in [1.165, 1.54) is 25.0 Å². The minimum absolute atomic E-state index is 0.461. The Hall–Kier alpha value is -1.00. The standard InChI is InChI=1S/C14H20F2N2/c1-18(14-4-2-3-11(14)8-17)9-10-5-6-12(15)13(16)7-10/h5-7,11,14H,2-4,8-9,17H2,1H3. The van der Waals surface area contributed by atoms with Gasteiger partial charge in [0.15, 0.2) is 11.6 Å². The van der Waals surface area contributed by atoms with Crippen molar-refractivity contribution in [2.24, 2.45) is 11.7 Å². The lowest BCUT2D eigenvalue weighted by Gasteiger charge is -2.29. The highest BCUT2D eigenvalue weighted by Crippen LogP contribution is 2.29. The van der Waals surface area contributed by atoms with Crippen molar-refractivity contribution >= 4 is 0 Å². The smallest absolute Gasteiger partial charge is 0.159 e. The lowest BCUT2D eigenvalue weighted by Crippen LogP contribution is -2.37.